The summed E-state index contributed by atoms with van der Waals surface area (Å²) in [7, 11) is 0. The smallest absolute Gasteiger partial charge is 0.134 e. The number of rotatable bonds is 1. The second kappa shape index (κ2) is 5.45. The maximum atomic E-state index is 10.1. The van der Waals surface area contributed by atoms with Crippen LogP contribution in [0.25, 0.3) is 11.6 Å². The van der Waals surface area contributed by atoms with Crippen molar-refractivity contribution < 1.29 is 19.7 Å². The average molecular weight is 338 g/mol. The summed E-state index contributed by atoms with van der Waals surface area (Å²) in [4.78, 5) is 0. The molecule has 2 N–H and O–H groups in total. The molecule has 0 atom stereocenters. The van der Waals surface area contributed by atoms with Crippen molar-refractivity contribution >= 4 is 11.6 Å². The summed E-state index contributed by atoms with van der Waals surface area (Å²) >= 11 is 0. The van der Waals surface area contributed by atoms with Gasteiger partial charge in [0.25, 0.3) is 0 Å². The van der Waals surface area contributed by atoms with E-state index in [9.17, 15) is 10.2 Å². The van der Waals surface area contributed by atoms with Gasteiger partial charge >= 0.3 is 0 Å². The van der Waals surface area contributed by atoms with Gasteiger partial charge < -0.3 is 19.7 Å². The van der Waals surface area contributed by atoms with Gasteiger partial charge in [0, 0.05) is 28.3 Å². The Morgan fingerprint density at radius 2 is 1.92 bits per heavy atom. The summed E-state index contributed by atoms with van der Waals surface area (Å²) in [5, 5.41) is 19.6. The first-order valence-corrected chi connectivity index (χ1v) is 8.55. The standard InChI is InChI=1S/C21H22O4/c1-12-8-19-16(6-7-21(2,3)25-19)20-17(12)9-13(11-24-20)15-5-4-14(22)10-18(15)23/h4-5,8-10,22-23H,6-7,11H2,1-3H3. The van der Waals surface area contributed by atoms with Gasteiger partial charge in [-0.05, 0) is 63.5 Å². The van der Waals surface area contributed by atoms with Crippen molar-refractivity contribution in [3.8, 4) is 23.0 Å². The third kappa shape index (κ3) is 2.72. The topological polar surface area (TPSA) is 58.9 Å². The first-order valence-electron chi connectivity index (χ1n) is 8.55. The highest BCUT2D eigenvalue weighted by molar-refractivity contribution is 5.89. The van der Waals surface area contributed by atoms with Gasteiger partial charge in [0.05, 0.1) is 0 Å². The Bertz CT molecular complexity index is 893. The van der Waals surface area contributed by atoms with Crippen molar-refractivity contribution in [2.75, 3.05) is 6.61 Å². The van der Waals surface area contributed by atoms with E-state index < -0.39 is 0 Å². The fourth-order valence-corrected chi connectivity index (χ4v) is 3.57. The van der Waals surface area contributed by atoms with E-state index >= 15 is 0 Å². The average Bonchev–Trinajstić information content (AvgIpc) is 2.54. The van der Waals surface area contributed by atoms with E-state index in [1.54, 1.807) is 12.1 Å². The van der Waals surface area contributed by atoms with Crippen LogP contribution in [0.2, 0.25) is 0 Å². The lowest BCUT2D eigenvalue weighted by atomic mass is 9.89. The highest BCUT2D eigenvalue weighted by Crippen LogP contribution is 2.45. The van der Waals surface area contributed by atoms with Crippen molar-refractivity contribution in [1.82, 2.24) is 0 Å². The molecule has 0 aliphatic carbocycles. The van der Waals surface area contributed by atoms with E-state index in [-0.39, 0.29) is 17.1 Å². The number of fused-ring (bicyclic) bond motifs is 3. The van der Waals surface area contributed by atoms with Crippen LogP contribution in [0, 0.1) is 6.92 Å². The summed E-state index contributed by atoms with van der Waals surface area (Å²) in [6, 6.07) is 6.71. The highest BCUT2D eigenvalue weighted by atomic mass is 16.5. The van der Waals surface area contributed by atoms with Crippen LogP contribution in [-0.4, -0.2) is 22.4 Å². The molecular weight excluding hydrogens is 316 g/mol. The molecular formula is C21H22O4. The van der Waals surface area contributed by atoms with Crippen molar-refractivity contribution in [1.29, 1.82) is 0 Å². The van der Waals surface area contributed by atoms with E-state index in [0.29, 0.717) is 12.2 Å². The molecule has 0 unspecified atom stereocenters. The van der Waals surface area contributed by atoms with Gasteiger partial charge in [-0.3, -0.25) is 0 Å². The molecule has 4 heteroatoms. The molecule has 0 saturated carbocycles. The zero-order valence-corrected chi connectivity index (χ0v) is 14.7. The molecule has 0 amide bonds. The van der Waals surface area contributed by atoms with Crippen LogP contribution in [-0.2, 0) is 6.42 Å². The summed E-state index contributed by atoms with van der Waals surface area (Å²) in [5.41, 5.74) is 4.67. The maximum absolute atomic E-state index is 10.1. The van der Waals surface area contributed by atoms with Gasteiger partial charge in [0.2, 0.25) is 0 Å². The predicted molar refractivity (Wildman–Crippen MR) is 97.3 cm³/mol. The van der Waals surface area contributed by atoms with Gasteiger partial charge in [-0.15, -0.1) is 0 Å². The summed E-state index contributed by atoms with van der Waals surface area (Å²) in [6.07, 6.45) is 3.95. The predicted octanol–water partition coefficient (Wildman–Crippen LogP) is 4.44. The van der Waals surface area contributed by atoms with Gasteiger partial charge in [-0.1, -0.05) is 0 Å². The molecule has 0 fully saturated rings. The lowest BCUT2D eigenvalue weighted by molar-refractivity contribution is 0.0833. The molecule has 2 aliphatic heterocycles. The minimum Gasteiger partial charge on any atom is -0.508 e. The Kier molecular flexibility index (Phi) is 3.46. The van der Waals surface area contributed by atoms with Gasteiger partial charge in [-0.2, -0.15) is 0 Å². The molecule has 2 heterocycles. The zero-order valence-electron chi connectivity index (χ0n) is 14.7. The van der Waals surface area contributed by atoms with E-state index in [4.69, 9.17) is 9.47 Å². The molecule has 25 heavy (non-hydrogen) atoms. The normalized spacial score (nSPS) is 17.6. The first-order chi connectivity index (χ1) is 11.8. The fraction of sp³-hybridized carbons (Fsp3) is 0.333. The number of phenolic OH excluding ortho intramolecular Hbond substituents is 2. The van der Waals surface area contributed by atoms with Crippen LogP contribution < -0.4 is 9.47 Å². The van der Waals surface area contributed by atoms with Crippen LogP contribution in [0.15, 0.2) is 24.3 Å². The molecule has 4 nitrogen and oxygen atoms in total. The highest BCUT2D eigenvalue weighted by Gasteiger charge is 2.31. The molecule has 130 valence electrons. The largest absolute Gasteiger partial charge is 0.508 e. The summed E-state index contributed by atoms with van der Waals surface area (Å²) in [5.74, 6) is 1.91. The van der Waals surface area contributed by atoms with E-state index in [1.807, 2.05) is 6.92 Å². The lowest BCUT2D eigenvalue weighted by Crippen LogP contribution is -2.33. The molecule has 0 bridgehead atoms. The third-order valence-electron chi connectivity index (χ3n) is 4.97. The fourth-order valence-electron chi connectivity index (χ4n) is 3.57. The van der Waals surface area contributed by atoms with Crippen molar-refractivity contribution in [3.63, 3.8) is 0 Å². The number of ether oxygens (including phenoxy) is 2. The molecule has 2 aliphatic rings. The number of phenols is 2. The molecule has 0 radical (unpaired) electrons. The van der Waals surface area contributed by atoms with Crippen LogP contribution >= 0.6 is 0 Å². The van der Waals surface area contributed by atoms with Crippen molar-refractivity contribution in [2.24, 2.45) is 0 Å². The van der Waals surface area contributed by atoms with E-state index in [2.05, 4.69) is 26.0 Å². The Hall–Kier alpha value is -2.62. The van der Waals surface area contributed by atoms with Crippen LogP contribution in [0.5, 0.6) is 23.0 Å². The van der Waals surface area contributed by atoms with Crippen LogP contribution in [0.3, 0.4) is 0 Å². The van der Waals surface area contributed by atoms with Crippen molar-refractivity contribution in [3.05, 3.63) is 46.5 Å². The molecule has 2 aromatic rings. The Morgan fingerprint density at radius 1 is 1.12 bits per heavy atom. The molecule has 0 saturated heterocycles. The first kappa shape index (κ1) is 15.9. The Labute approximate surface area is 147 Å². The number of aromatic hydroxyl groups is 2. The minimum absolute atomic E-state index is 0.0454. The lowest BCUT2D eigenvalue weighted by Gasteiger charge is -2.35. The maximum Gasteiger partial charge on any atom is 0.134 e. The second-order valence-corrected chi connectivity index (χ2v) is 7.43. The zero-order chi connectivity index (χ0) is 17.8. The summed E-state index contributed by atoms with van der Waals surface area (Å²) < 4.78 is 12.2. The van der Waals surface area contributed by atoms with Gasteiger partial charge in [0.1, 0.15) is 35.2 Å². The number of benzene rings is 2. The summed E-state index contributed by atoms with van der Waals surface area (Å²) in [6.45, 7) is 6.64. The molecule has 0 spiro atoms. The SMILES string of the molecule is Cc1cc2c(c3c1C=C(c1ccc(O)cc1O)CO3)CCC(C)(C)O2. The monoisotopic (exact) mass is 338 g/mol. The number of aryl methyl sites for hydroxylation is 1. The third-order valence-corrected chi connectivity index (χ3v) is 4.97. The second-order valence-electron chi connectivity index (χ2n) is 7.43. The molecule has 2 aromatic carbocycles. The van der Waals surface area contributed by atoms with Crippen LogP contribution in [0.4, 0.5) is 0 Å². The number of hydrogen-bond donors (Lipinski definition) is 2. The Balaban J connectivity index is 1.81. The number of hydrogen-bond acceptors (Lipinski definition) is 4. The van der Waals surface area contributed by atoms with Crippen molar-refractivity contribution in [2.45, 2.75) is 39.2 Å². The quantitative estimate of drug-likeness (QED) is 0.807. The van der Waals surface area contributed by atoms with Gasteiger partial charge in [-0.25, -0.2) is 0 Å². The molecule has 0 aromatic heterocycles. The van der Waals surface area contributed by atoms with Gasteiger partial charge in [0.15, 0.2) is 0 Å². The minimum atomic E-state index is -0.152. The molecule has 4 rings (SSSR count). The van der Waals surface area contributed by atoms with Crippen LogP contribution in [0.1, 0.15) is 42.5 Å². The Morgan fingerprint density at radius 3 is 2.68 bits per heavy atom. The van der Waals surface area contributed by atoms with E-state index in [1.165, 1.54) is 6.07 Å². The van der Waals surface area contributed by atoms with E-state index in [0.717, 1.165) is 46.6 Å².